The number of halogens is 3. The van der Waals surface area contributed by atoms with Crippen LogP contribution in [0.25, 0.3) is 27.6 Å². The number of nitriles is 1. The van der Waals surface area contributed by atoms with Crippen molar-refractivity contribution in [1.29, 1.82) is 5.26 Å². The number of nitrogens with zero attached hydrogens (tertiary/aromatic N) is 5. The highest BCUT2D eigenvalue weighted by molar-refractivity contribution is 6.10. The van der Waals surface area contributed by atoms with Crippen molar-refractivity contribution < 1.29 is 18.0 Å². The summed E-state index contributed by atoms with van der Waals surface area (Å²) in [5, 5.41) is 15.0. The number of amides is 1. The Bertz CT molecular complexity index is 1370. The van der Waals surface area contributed by atoms with E-state index in [0.717, 1.165) is 28.4 Å². The number of aromatic nitrogens is 3. The van der Waals surface area contributed by atoms with Gasteiger partial charge in [0.05, 0.1) is 23.1 Å². The third-order valence-electron chi connectivity index (χ3n) is 5.60. The third-order valence-corrected chi connectivity index (χ3v) is 5.60. The maximum Gasteiger partial charge on any atom is 0.416 e. The molecule has 0 atom stereocenters. The zero-order chi connectivity index (χ0) is 21.9. The second-order valence-corrected chi connectivity index (χ2v) is 7.69. The van der Waals surface area contributed by atoms with Crippen molar-refractivity contribution in [2.45, 2.75) is 6.18 Å². The lowest BCUT2D eigenvalue weighted by Gasteiger charge is -2.35. The lowest BCUT2D eigenvalue weighted by atomic mass is 10.00. The molecule has 5 rings (SSSR count). The molecule has 4 aromatic rings. The molecule has 9 heteroatoms. The first-order valence-corrected chi connectivity index (χ1v) is 9.60. The van der Waals surface area contributed by atoms with Crippen LogP contribution in [-0.4, -0.2) is 38.2 Å². The lowest BCUT2D eigenvalue weighted by molar-refractivity contribution is -0.137. The van der Waals surface area contributed by atoms with Gasteiger partial charge in [-0.2, -0.15) is 23.5 Å². The molecule has 0 radical (unpaired) electrons. The van der Waals surface area contributed by atoms with E-state index in [-0.39, 0.29) is 11.8 Å². The summed E-state index contributed by atoms with van der Waals surface area (Å²) in [4.78, 5) is 14.4. The quantitative estimate of drug-likeness (QED) is 0.487. The zero-order valence-corrected chi connectivity index (χ0v) is 16.4. The molecule has 2 aromatic heterocycles. The predicted molar refractivity (Wildman–Crippen MR) is 108 cm³/mol. The van der Waals surface area contributed by atoms with Gasteiger partial charge in [0.1, 0.15) is 0 Å². The van der Waals surface area contributed by atoms with E-state index in [4.69, 9.17) is 5.26 Å². The number of carbonyl (C=O) groups is 1. The molecule has 0 saturated carbocycles. The number of benzene rings is 2. The minimum Gasteiger partial charge on any atom is -0.336 e. The second kappa shape index (κ2) is 6.60. The van der Waals surface area contributed by atoms with Gasteiger partial charge < -0.3 is 4.90 Å². The minimum atomic E-state index is -4.41. The molecule has 0 aliphatic carbocycles. The van der Waals surface area contributed by atoms with Crippen LogP contribution in [0.5, 0.6) is 0 Å². The van der Waals surface area contributed by atoms with Crippen LogP contribution in [0.2, 0.25) is 0 Å². The van der Waals surface area contributed by atoms with E-state index in [9.17, 15) is 18.0 Å². The predicted octanol–water partition coefficient (Wildman–Crippen LogP) is 4.13. The molecule has 0 spiro atoms. The largest absolute Gasteiger partial charge is 0.416 e. The minimum absolute atomic E-state index is 0.126. The normalized spacial score (nSPS) is 14.7. The van der Waals surface area contributed by atoms with Gasteiger partial charge in [0.25, 0.3) is 5.91 Å². The average Bonchev–Trinajstić information content (AvgIpc) is 3.21. The number of carbonyl (C=O) groups excluding carboxylic acids is 1. The second-order valence-electron chi connectivity index (χ2n) is 7.69. The van der Waals surface area contributed by atoms with E-state index < -0.39 is 11.7 Å². The fourth-order valence-electron chi connectivity index (χ4n) is 4.00. The maximum absolute atomic E-state index is 13.0. The van der Waals surface area contributed by atoms with Crippen LogP contribution in [0.4, 0.5) is 13.2 Å². The summed E-state index contributed by atoms with van der Waals surface area (Å²) in [6.45, 7) is 0.838. The number of alkyl halides is 3. The van der Waals surface area contributed by atoms with Crippen LogP contribution in [-0.2, 0) is 13.2 Å². The standard InChI is InChI=1S/C22H16F3N5O/c1-28-12-18-17-8-14(21(31)29-10-13(9-26)11-29)2-7-19(17)30(20(18)27-28)16-5-3-15(4-6-16)22(23,24)25/h2-8,12-13H,10-11H2,1H3. The number of aryl methyl sites for hydroxylation is 1. The van der Waals surface area contributed by atoms with Crippen molar-refractivity contribution in [2.24, 2.45) is 13.0 Å². The van der Waals surface area contributed by atoms with Crippen LogP contribution in [0, 0.1) is 17.2 Å². The van der Waals surface area contributed by atoms with Gasteiger partial charge >= 0.3 is 6.18 Å². The van der Waals surface area contributed by atoms with Crippen molar-refractivity contribution in [1.82, 2.24) is 19.2 Å². The zero-order valence-electron chi connectivity index (χ0n) is 16.4. The van der Waals surface area contributed by atoms with Crippen LogP contribution in [0.3, 0.4) is 0 Å². The van der Waals surface area contributed by atoms with Crippen molar-refractivity contribution in [2.75, 3.05) is 13.1 Å². The summed E-state index contributed by atoms with van der Waals surface area (Å²) >= 11 is 0. The first-order chi connectivity index (χ1) is 14.8. The maximum atomic E-state index is 13.0. The Morgan fingerprint density at radius 3 is 2.48 bits per heavy atom. The van der Waals surface area contributed by atoms with E-state index in [1.807, 2.05) is 6.20 Å². The molecule has 6 nitrogen and oxygen atoms in total. The fraction of sp³-hybridized carbons (Fsp3) is 0.227. The summed E-state index contributed by atoms with van der Waals surface area (Å²) in [7, 11) is 1.76. The molecular weight excluding hydrogens is 407 g/mol. The summed E-state index contributed by atoms with van der Waals surface area (Å²) in [5.74, 6) is -0.272. The van der Waals surface area contributed by atoms with Crippen LogP contribution >= 0.6 is 0 Å². The smallest absolute Gasteiger partial charge is 0.336 e. The molecule has 156 valence electrons. The van der Waals surface area contributed by atoms with Crippen molar-refractivity contribution in [3.05, 3.63) is 59.8 Å². The van der Waals surface area contributed by atoms with Gasteiger partial charge in [-0.3, -0.25) is 14.0 Å². The summed E-state index contributed by atoms with van der Waals surface area (Å²) in [6, 6.07) is 12.3. The molecule has 1 aliphatic rings. The van der Waals surface area contributed by atoms with Gasteiger partial charge in [-0.15, -0.1) is 0 Å². The van der Waals surface area contributed by atoms with Gasteiger partial charge in [-0.1, -0.05) is 0 Å². The molecule has 1 aliphatic heterocycles. The van der Waals surface area contributed by atoms with E-state index in [1.54, 1.807) is 39.4 Å². The van der Waals surface area contributed by atoms with E-state index in [1.165, 1.54) is 12.1 Å². The van der Waals surface area contributed by atoms with Crippen molar-refractivity contribution in [3.63, 3.8) is 0 Å². The lowest BCUT2D eigenvalue weighted by Crippen LogP contribution is -2.49. The Hall–Kier alpha value is -3.80. The van der Waals surface area contributed by atoms with Gasteiger partial charge in [0.2, 0.25) is 0 Å². The van der Waals surface area contributed by atoms with E-state index >= 15 is 0 Å². The van der Waals surface area contributed by atoms with Gasteiger partial charge in [-0.25, -0.2) is 0 Å². The molecule has 0 N–H and O–H groups in total. The summed E-state index contributed by atoms with van der Waals surface area (Å²) in [5.41, 5.74) is 1.66. The Labute approximate surface area is 174 Å². The van der Waals surface area contributed by atoms with Crippen LogP contribution in [0.15, 0.2) is 48.7 Å². The topological polar surface area (TPSA) is 66.8 Å². The third kappa shape index (κ3) is 3.03. The summed E-state index contributed by atoms with van der Waals surface area (Å²) in [6.07, 6.45) is -2.59. The van der Waals surface area contributed by atoms with E-state index in [0.29, 0.717) is 30.0 Å². The molecule has 3 heterocycles. The molecule has 2 aromatic carbocycles. The highest BCUT2D eigenvalue weighted by Gasteiger charge is 2.32. The fourth-order valence-corrected chi connectivity index (χ4v) is 4.00. The van der Waals surface area contributed by atoms with Crippen LogP contribution in [0.1, 0.15) is 15.9 Å². The first-order valence-electron chi connectivity index (χ1n) is 9.60. The number of fused-ring (bicyclic) bond motifs is 3. The van der Waals surface area contributed by atoms with Crippen molar-refractivity contribution in [3.8, 4) is 11.8 Å². The SMILES string of the molecule is Cn1cc2c3cc(C(=O)N4CC(C#N)C4)ccc3n(-c3ccc(C(F)(F)F)cc3)c2n1. The molecule has 1 amide bonds. The van der Waals surface area contributed by atoms with E-state index in [2.05, 4.69) is 11.2 Å². The van der Waals surface area contributed by atoms with Crippen LogP contribution < -0.4 is 0 Å². The Morgan fingerprint density at radius 2 is 1.84 bits per heavy atom. The highest BCUT2D eigenvalue weighted by atomic mass is 19.4. The Morgan fingerprint density at radius 1 is 1.13 bits per heavy atom. The Kier molecular flexibility index (Phi) is 4.09. The molecule has 1 fully saturated rings. The number of rotatable bonds is 2. The number of hydrogen-bond acceptors (Lipinski definition) is 3. The Balaban J connectivity index is 1.62. The van der Waals surface area contributed by atoms with Gasteiger partial charge in [0, 0.05) is 48.4 Å². The van der Waals surface area contributed by atoms with Crippen molar-refractivity contribution >= 4 is 27.8 Å². The molecule has 0 unspecified atom stereocenters. The number of hydrogen-bond donors (Lipinski definition) is 0. The molecular formula is C22H16F3N5O. The molecule has 1 saturated heterocycles. The average molecular weight is 423 g/mol. The first kappa shape index (κ1) is 19.2. The monoisotopic (exact) mass is 423 g/mol. The molecule has 0 bridgehead atoms. The number of likely N-dealkylation sites (tertiary alicyclic amines) is 1. The van der Waals surface area contributed by atoms with Gasteiger partial charge in [-0.05, 0) is 42.5 Å². The molecule has 31 heavy (non-hydrogen) atoms. The summed E-state index contributed by atoms with van der Waals surface area (Å²) < 4.78 is 42.3. The van der Waals surface area contributed by atoms with Gasteiger partial charge in [0.15, 0.2) is 5.65 Å². The highest BCUT2D eigenvalue weighted by Crippen LogP contribution is 2.34.